The highest BCUT2D eigenvalue weighted by Crippen LogP contribution is 2.22. The second kappa shape index (κ2) is 9.00. The van der Waals surface area contributed by atoms with Crippen LogP contribution >= 0.6 is 0 Å². The molecule has 1 fully saturated rings. The Bertz CT molecular complexity index is 514. The Balaban J connectivity index is 0.00000139. The second-order valence-electron chi connectivity index (χ2n) is 7.44. The summed E-state index contributed by atoms with van der Waals surface area (Å²) in [5, 5.41) is 3.49. The van der Waals surface area contributed by atoms with Gasteiger partial charge in [-0.05, 0) is 12.8 Å². The Kier molecular flexibility index (Phi) is 7.64. The summed E-state index contributed by atoms with van der Waals surface area (Å²) in [5.74, 6) is 1.23. The van der Waals surface area contributed by atoms with Gasteiger partial charge in [0.1, 0.15) is 12.1 Å². The van der Waals surface area contributed by atoms with Crippen LogP contribution in [0.15, 0.2) is 12.4 Å². The van der Waals surface area contributed by atoms with Crippen molar-refractivity contribution in [3.63, 3.8) is 0 Å². The lowest BCUT2D eigenvalue weighted by Gasteiger charge is -2.33. The van der Waals surface area contributed by atoms with E-state index in [9.17, 15) is 4.79 Å². The van der Waals surface area contributed by atoms with E-state index in [1.54, 1.807) is 6.33 Å². The number of hydrogen-bond acceptors (Lipinski definition) is 4. The van der Waals surface area contributed by atoms with E-state index in [-0.39, 0.29) is 17.2 Å². The summed E-state index contributed by atoms with van der Waals surface area (Å²) in [7, 11) is 0. The van der Waals surface area contributed by atoms with Gasteiger partial charge in [-0.3, -0.25) is 4.79 Å². The van der Waals surface area contributed by atoms with Crippen LogP contribution in [0.1, 0.15) is 67.0 Å². The predicted molar refractivity (Wildman–Crippen MR) is 100 cm³/mol. The Morgan fingerprint density at radius 3 is 2.29 bits per heavy atom. The number of rotatable bonds is 3. The standard InChI is InChI=1S/C17H28N4O.C2H6/c1-12(2)16(22)21-8-6-13(7-9-21)20-15-10-14(17(3,4)5)18-11-19-15;1-2/h10-13H,6-9H2,1-5H3,(H,18,19,20);1-2H3. The molecule has 24 heavy (non-hydrogen) atoms. The van der Waals surface area contributed by atoms with Crippen LogP contribution in [0.5, 0.6) is 0 Å². The molecular formula is C19H34N4O. The first-order valence-electron chi connectivity index (χ1n) is 9.15. The Hall–Kier alpha value is -1.65. The number of carbonyl (C=O) groups excluding carboxylic acids is 1. The van der Waals surface area contributed by atoms with Crippen LogP contribution < -0.4 is 5.32 Å². The third-order valence-corrected chi connectivity index (χ3v) is 4.09. The fourth-order valence-electron chi connectivity index (χ4n) is 2.66. The maximum Gasteiger partial charge on any atom is 0.225 e. The molecule has 1 amide bonds. The van der Waals surface area contributed by atoms with Gasteiger partial charge in [-0.1, -0.05) is 48.5 Å². The number of anilines is 1. The van der Waals surface area contributed by atoms with Gasteiger partial charge in [0, 0.05) is 36.5 Å². The van der Waals surface area contributed by atoms with Gasteiger partial charge in [-0.25, -0.2) is 9.97 Å². The largest absolute Gasteiger partial charge is 0.367 e. The number of carbonyl (C=O) groups is 1. The number of amides is 1. The first kappa shape index (κ1) is 20.4. The fourth-order valence-corrected chi connectivity index (χ4v) is 2.66. The van der Waals surface area contributed by atoms with Crippen molar-refractivity contribution in [2.24, 2.45) is 5.92 Å². The van der Waals surface area contributed by atoms with Crippen LogP contribution in [0.2, 0.25) is 0 Å². The molecule has 1 saturated heterocycles. The molecule has 136 valence electrons. The molecule has 0 aromatic carbocycles. The normalized spacial score (nSPS) is 15.8. The summed E-state index contributed by atoms with van der Waals surface area (Å²) >= 11 is 0. The van der Waals surface area contributed by atoms with Crippen LogP contribution in [-0.2, 0) is 10.2 Å². The first-order chi connectivity index (χ1) is 11.3. The molecule has 1 aromatic heterocycles. The topological polar surface area (TPSA) is 58.1 Å². The number of nitrogens with one attached hydrogen (secondary N) is 1. The lowest BCUT2D eigenvalue weighted by molar-refractivity contribution is -0.135. The molecule has 0 radical (unpaired) electrons. The molecular weight excluding hydrogens is 300 g/mol. The van der Waals surface area contributed by atoms with Crippen LogP contribution in [0.25, 0.3) is 0 Å². The van der Waals surface area contributed by atoms with Crippen LogP contribution in [0.4, 0.5) is 5.82 Å². The van der Waals surface area contributed by atoms with E-state index >= 15 is 0 Å². The highest BCUT2D eigenvalue weighted by molar-refractivity contribution is 5.78. The van der Waals surface area contributed by atoms with E-state index in [1.807, 2.05) is 38.7 Å². The molecule has 5 heteroatoms. The molecule has 1 aromatic rings. The minimum atomic E-state index is 0.0203. The van der Waals surface area contributed by atoms with E-state index in [4.69, 9.17) is 0 Å². The number of hydrogen-bond donors (Lipinski definition) is 1. The number of piperidine rings is 1. The maximum atomic E-state index is 12.0. The van der Waals surface area contributed by atoms with Crippen molar-refractivity contribution in [3.05, 3.63) is 18.1 Å². The van der Waals surface area contributed by atoms with Crippen molar-refractivity contribution in [1.82, 2.24) is 14.9 Å². The Morgan fingerprint density at radius 2 is 1.79 bits per heavy atom. The van der Waals surface area contributed by atoms with Crippen molar-refractivity contribution < 1.29 is 4.79 Å². The summed E-state index contributed by atoms with van der Waals surface area (Å²) < 4.78 is 0. The average molecular weight is 335 g/mol. The average Bonchev–Trinajstić information content (AvgIpc) is 2.56. The van der Waals surface area contributed by atoms with Gasteiger partial charge in [0.15, 0.2) is 0 Å². The van der Waals surface area contributed by atoms with E-state index in [2.05, 4.69) is 36.1 Å². The quantitative estimate of drug-likeness (QED) is 0.912. The molecule has 1 N–H and O–H groups in total. The molecule has 2 rings (SSSR count). The summed E-state index contributed by atoms with van der Waals surface area (Å²) in [5.41, 5.74) is 1.06. The van der Waals surface area contributed by atoms with Crippen molar-refractivity contribution in [2.45, 2.75) is 72.8 Å². The van der Waals surface area contributed by atoms with Gasteiger partial charge in [0.2, 0.25) is 5.91 Å². The maximum absolute atomic E-state index is 12.0. The van der Waals surface area contributed by atoms with E-state index in [1.165, 1.54) is 0 Å². The van der Waals surface area contributed by atoms with E-state index < -0.39 is 0 Å². The van der Waals surface area contributed by atoms with Crippen molar-refractivity contribution >= 4 is 11.7 Å². The van der Waals surface area contributed by atoms with Gasteiger partial charge in [0.25, 0.3) is 0 Å². The van der Waals surface area contributed by atoms with Gasteiger partial charge in [-0.15, -0.1) is 0 Å². The molecule has 0 saturated carbocycles. The zero-order chi connectivity index (χ0) is 18.3. The SMILES string of the molecule is CC.CC(C)C(=O)N1CCC(Nc2cc(C(C)(C)C)ncn2)CC1. The van der Waals surface area contributed by atoms with Crippen molar-refractivity contribution in [2.75, 3.05) is 18.4 Å². The highest BCUT2D eigenvalue weighted by atomic mass is 16.2. The minimum Gasteiger partial charge on any atom is -0.367 e. The van der Waals surface area contributed by atoms with Crippen LogP contribution in [-0.4, -0.2) is 39.9 Å². The lowest BCUT2D eigenvalue weighted by atomic mass is 9.92. The Labute approximate surface area is 147 Å². The smallest absolute Gasteiger partial charge is 0.225 e. The molecule has 1 aliphatic heterocycles. The van der Waals surface area contributed by atoms with E-state index in [0.717, 1.165) is 37.4 Å². The monoisotopic (exact) mass is 334 g/mol. The van der Waals surface area contributed by atoms with Crippen LogP contribution in [0, 0.1) is 5.92 Å². The molecule has 2 heterocycles. The van der Waals surface area contributed by atoms with Gasteiger partial charge in [-0.2, -0.15) is 0 Å². The zero-order valence-electron chi connectivity index (χ0n) is 16.4. The molecule has 0 spiro atoms. The molecule has 0 bridgehead atoms. The highest BCUT2D eigenvalue weighted by Gasteiger charge is 2.24. The molecule has 5 nitrogen and oxygen atoms in total. The predicted octanol–water partition coefficient (Wildman–Crippen LogP) is 3.86. The molecule has 0 unspecified atom stereocenters. The van der Waals surface area contributed by atoms with Crippen molar-refractivity contribution in [1.29, 1.82) is 0 Å². The zero-order valence-corrected chi connectivity index (χ0v) is 16.4. The summed E-state index contributed by atoms with van der Waals surface area (Å²) in [4.78, 5) is 22.7. The number of likely N-dealkylation sites (tertiary alicyclic amines) is 1. The second-order valence-corrected chi connectivity index (χ2v) is 7.44. The molecule has 0 aliphatic carbocycles. The van der Waals surface area contributed by atoms with E-state index in [0.29, 0.717) is 6.04 Å². The summed E-state index contributed by atoms with van der Waals surface area (Å²) in [6, 6.07) is 2.41. The number of aromatic nitrogens is 2. The summed E-state index contributed by atoms with van der Waals surface area (Å²) in [6.45, 7) is 16.0. The Morgan fingerprint density at radius 1 is 1.21 bits per heavy atom. The first-order valence-corrected chi connectivity index (χ1v) is 9.15. The third-order valence-electron chi connectivity index (χ3n) is 4.09. The van der Waals surface area contributed by atoms with Gasteiger partial charge >= 0.3 is 0 Å². The van der Waals surface area contributed by atoms with Crippen molar-refractivity contribution in [3.8, 4) is 0 Å². The van der Waals surface area contributed by atoms with Crippen LogP contribution in [0.3, 0.4) is 0 Å². The molecule has 0 atom stereocenters. The number of nitrogens with zero attached hydrogens (tertiary/aromatic N) is 3. The lowest BCUT2D eigenvalue weighted by Crippen LogP contribution is -2.44. The fraction of sp³-hybridized carbons (Fsp3) is 0.737. The van der Waals surface area contributed by atoms with Gasteiger partial charge < -0.3 is 10.2 Å². The summed E-state index contributed by atoms with van der Waals surface area (Å²) in [6.07, 6.45) is 3.56. The van der Waals surface area contributed by atoms with Gasteiger partial charge in [0.05, 0.1) is 5.69 Å². The minimum absolute atomic E-state index is 0.0203. The molecule has 1 aliphatic rings. The third kappa shape index (κ3) is 5.77.